The monoisotopic (exact) mass is 196 g/mol. The SMILES string of the molecule is CCC1(C)CCCCC(C)CCCC1. The third kappa shape index (κ3) is 4.02. The summed E-state index contributed by atoms with van der Waals surface area (Å²) in [5, 5.41) is 0. The molecule has 1 aliphatic carbocycles. The van der Waals surface area contributed by atoms with E-state index < -0.39 is 0 Å². The maximum Gasteiger partial charge on any atom is -0.0328 e. The first-order valence-electron chi connectivity index (χ1n) is 6.66. The van der Waals surface area contributed by atoms with Gasteiger partial charge in [0.05, 0.1) is 0 Å². The van der Waals surface area contributed by atoms with Crippen molar-refractivity contribution in [1.82, 2.24) is 0 Å². The number of hydrogen-bond donors (Lipinski definition) is 0. The smallest absolute Gasteiger partial charge is 0.0328 e. The lowest BCUT2D eigenvalue weighted by Crippen LogP contribution is -2.16. The summed E-state index contributed by atoms with van der Waals surface area (Å²) in [5.74, 6) is 0.987. The van der Waals surface area contributed by atoms with Crippen LogP contribution in [0, 0.1) is 11.3 Å². The summed E-state index contributed by atoms with van der Waals surface area (Å²) < 4.78 is 0. The van der Waals surface area contributed by atoms with Crippen molar-refractivity contribution in [2.24, 2.45) is 11.3 Å². The highest BCUT2D eigenvalue weighted by Crippen LogP contribution is 2.36. The average Bonchev–Trinajstić information content (AvgIpc) is 2.19. The van der Waals surface area contributed by atoms with Crippen LogP contribution < -0.4 is 0 Å². The topological polar surface area (TPSA) is 0 Å². The van der Waals surface area contributed by atoms with Crippen molar-refractivity contribution in [2.75, 3.05) is 0 Å². The van der Waals surface area contributed by atoms with Gasteiger partial charge in [-0.1, -0.05) is 65.7 Å². The minimum absolute atomic E-state index is 0.667. The number of rotatable bonds is 1. The summed E-state index contributed by atoms with van der Waals surface area (Å²) >= 11 is 0. The Hall–Kier alpha value is 0. The van der Waals surface area contributed by atoms with E-state index in [0.29, 0.717) is 5.41 Å². The van der Waals surface area contributed by atoms with E-state index >= 15 is 0 Å². The van der Waals surface area contributed by atoms with Crippen LogP contribution in [0.4, 0.5) is 0 Å². The van der Waals surface area contributed by atoms with Gasteiger partial charge in [0.15, 0.2) is 0 Å². The Labute approximate surface area is 90.5 Å². The van der Waals surface area contributed by atoms with Gasteiger partial charge in [0, 0.05) is 0 Å². The molecule has 0 spiro atoms. The van der Waals surface area contributed by atoms with Crippen LogP contribution in [0.15, 0.2) is 0 Å². The molecule has 0 heterocycles. The van der Waals surface area contributed by atoms with E-state index in [9.17, 15) is 0 Å². The van der Waals surface area contributed by atoms with Gasteiger partial charge in [-0.15, -0.1) is 0 Å². The van der Waals surface area contributed by atoms with Crippen LogP contribution in [0.3, 0.4) is 0 Å². The molecule has 0 unspecified atom stereocenters. The van der Waals surface area contributed by atoms with Crippen LogP contribution in [0.5, 0.6) is 0 Å². The molecular formula is C14H28. The highest BCUT2D eigenvalue weighted by molar-refractivity contribution is 4.74. The predicted octanol–water partition coefficient (Wildman–Crippen LogP) is 5.17. The van der Waals surface area contributed by atoms with Gasteiger partial charge in [-0.3, -0.25) is 0 Å². The molecule has 0 aromatic carbocycles. The molecule has 1 saturated carbocycles. The summed E-state index contributed by atoms with van der Waals surface area (Å²) in [5.41, 5.74) is 0.667. The second-order valence-corrected chi connectivity index (χ2v) is 5.76. The molecule has 0 amide bonds. The molecular weight excluding hydrogens is 168 g/mol. The zero-order valence-corrected chi connectivity index (χ0v) is 10.4. The fraction of sp³-hybridized carbons (Fsp3) is 1.00. The van der Waals surface area contributed by atoms with Crippen LogP contribution in [-0.2, 0) is 0 Å². The molecule has 0 atom stereocenters. The normalized spacial score (nSPS) is 36.6. The van der Waals surface area contributed by atoms with Crippen molar-refractivity contribution in [3.63, 3.8) is 0 Å². The van der Waals surface area contributed by atoms with Crippen molar-refractivity contribution in [2.45, 2.75) is 78.6 Å². The first-order chi connectivity index (χ1) is 6.66. The Kier molecular flexibility index (Phi) is 4.98. The molecule has 1 aliphatic rings. The van der Waals surface area contributed by atoms with Gasteiger partial charge in [0.1, 0.15) is 0 Å². The highest BCUT2D eigenvalue weighted by atomic mass is 14.3. The lowest BCUT2D eigenvalue weighted by atomic mass is 9.76. The molecule has 0 nitrogen and oxygen atoms in total. The molecule has 0 N–H and O–H groups in total. The van der Waals surface area contributed by atoms with Gasteiger partial charge in [-0.05, 0) is 24.2 Å². The van der Waals surface area contributed by atoms with Crippen LogP contribution in [0.25, 0.3) is 0 Å². The van der Waals surface area contributed by atoms with Crippen LogP contribution >= 0.6 is 0 Å². The van der Waals surface area contributed by atoms with Gasteiger partial charge in [-0.25, -0.2) is 0 Å². The minimum atomic E-state index is 0.667. The molecule has 0 bridgehead atoms. The van der Waals surface area contributed by atoms with Crippen molar-refractivity contribution < 1.29 is 0 Å². The molecule has 0 aromatic heterocycles. The summed E-state index contributed by atoms with van der Waals surface area (Å²) in [6, 6.07) is 0. The molecule has 0 radical (unpaired) electrons. The van der Waals surface area contributed by atoms with E-state index in [4.69, 9.17) is 0 Å². The van der Waals surface area contributed by atoms with E-state index in [0.717, 1.165) is 5.92 Å². The zero-order chi connectivity index (χ0) is 10.4. The first-order valence-corrected chi connectivity index (χ1v) is 6.66. The van der Waals surface area contributed by atoms with Gasteiger partial charge in [0.2, 0.25) is 0 Å². The Morgan fingerprint density at radius 3 is 1.93 bits per heavy atom. The molecule has 84 valence electrons. The van der Waals surface area contributed by atoms with Gasteiger partial charge in [-0.2, -0.15) is 0 Å². The molecule has 1 rings (SSSR count). The molecule has 0 saturated heterocycles. The first kappa shape index (κ1) is 12.1. The molecule has 0 heteroatoms. The van der Waals surface area contributed by atoms with Crippen molar-refractivity contribution in [3.8, 4) is 0 Å². The van der Waals surface area contributed by atoms with E-state index in [-0.39, 0.29) is 0 Å². The summed E-state index contributed by atoms with van der Waals surface area (Å²) in [6.07, 6.45) is 13.1. The average molecular weight is 196 g/mol. The minimum Gasteiger partial charge on any atom is -0.0649 e. The largest absolute Gasteiger partial charge is 0.0649 e. The van der Waals surface area contributed by atoms with E-state index in [1.165, 1.54) is 57.8 Å². The van der Waals surface area contributed by atoms with E-state index in [1.54, 1.807) is 0 Å². The predicted molar refractivity (Wildman–Crippen MR) is 64.5 cm³/mol. The fourth-order valence-electron chi connectivity index (χ4n) is 2.71. The molecule has 0 aliphatic heterocycles. The lowest BCUT2D eigenvalue weighted by molar-refractivity contribution is 0.228. The van der Waals surface area contributed by atoms with Crippen LogP contribution in [-0.4, -0.2) is 0 Å². The standard InChI is InChI=1S/C14H28/c1-4-14(3)11-7-5-9-13(2)10-6-8-12-14/h13H,4-12H2,1-3H3. The highest BCUT2D eigenvalue weighted by Gasteiger charge is 2.21. The Morgan fingerprint density at radius 1 is 1.00 bits per heavy atom. The van der Waals surface area contributed by atoms with Crippen molar-refractivity contribution in [1.29, 1.82) is 0 Å². The van der Waals surface area contributed by atoms with Crippen molar-refractivity contribution >= 4 is 0 Å². The summed E-state index contributed by atoms with van der Waals surface area (Å²) in [6.45, 7) is 7.30. The van der Waals surface area contributed by atoms with Crippen molar-refractivity contribution in [3.05, 3.63) is 0 Å². The third-order valence-electron chi connectivity index (χ3n) is 4.31. The maximum absolute atomic E-state index is 2.50. The third-order valence-corrected chi connectivity index (χ3v) is 4.31. The van der Waals surface area contributed by atoms with Crippen LogP contribution in [0.1, 0.15) is 78.6 Å². The number of hydrogen-bond acceptors (Lipinski definition) is 0. The summed E-state index contributed by atoms with van der Waals surface area (Å²) in [7, 11) is 0. The second-order valence-electron chi connectivity index (χ2n) is 5.76. The fourth-order valence-corrected chi connectivity index (χ4v) is 2.71. The van der Waals surface area contributed by atoms with Gasteiger partial charge in [0.25, 0.3) is 0 Å². The van der Waals surface area contributed by atoms with E-state index in [1.807, 2.05) is 0 Å². The quantitative estimate of drug-likeness (QED) is 0.542. The second kappa shape index (κ2) is 5.78. The lowest BCUT2D eigenvalue weighted by Gasteiger charge is -2.30. The zero-order valence-electron chi connectivity index (χ0n) is 10.4. The van der Waals surface area contributed by atoms with Gasteiger partial charge < -0.3 is 0 Å². The molecule has 1 fully saturated rings. The van der Waals surface area contributed by atoms with E-state index in [2.05, 4.69) is 20.8 Å². The maximum atomic E-state index is 2.50. The Balaban J connectivity index is 2.38. The Bertz CT molecular complexity index is 136. The molecule has 0 aromatic rings. The Morgan fingerprint density at radius 2 is 1.50 bits per heavy atom. The summed E-state index contributed by atoms with van der Waals surface area (Å²) in [4.78, 5) is 0. The van der Waals surface area contributed by atoms with Crippen LogP contribution in [0.2, 0.25) is 0 Å². The van der Waals surface area contributed by atoms with Gasteiger partial charge >= 0.3 is 0 Å². The molecule has 14 heavy (non-hydrogen) atoms.